The zero-order valence-electron chi connectivity index (χ0n) is 14.6. The van der Waals surface area contributed by atoms with Gasteiger partial charge in [0, 0.05) is 17.1 Å². The number of benzene rings is 2. The molecule has 2 aromatic rings. The summed E-state index contributed by atoms with van der Waals surface area (Å²) in [7, 11) is 0. The maximum absolute atomic E-state index is 13.7. The summed E-state index contributed by atoms with van der Waals surface area (Å²) in [5.41, 5.74) is 0.610. The second kappa shape index (κ2) is 10.5. The molecule has 2 rings (SSSR count). The van der Waals surface area contributed by atoms with Crippen LogP contribution >= 0.6 is 35.0 Å². The summed E-state index contributed by atoms with van der Waals surface area (Å²) in [6.45, 7) is 0.0405. The third-order valence-electron chi connectivity index (χ3n) is 3.82. The maximum Gasteiger partial charge on any atom is 0.253 e. The van der Waals surface area contributed by atoms with E-state index in [2.05, 4.69) is 10.6 Å². The van der Waals surface area contributed by atoms with E-state index in [-0.39, 0.29) is 23.0 Å². The summed E-state index contributed by atoms with van der Waals surface area (Å²) >= 11 is 13.5. The molecule has 0 aliphatic rings. The fourth-order valence-corrected chi connectivity index (χ4v) is 3.33. The zero-order valence-corrected chi connectivity index (χ0v) is 16.9. The van der Waals surface area contributed by atoms with Gasteiger partial charge in [0.25, 0.3) is 5.91 Å². The van der Waals surface area contributed by atoms with E-state index in [1.165, 1.54) is 18.2 Å². The van der Waals surface area contributed by atoms with E-state index in [0.29, 0.717) is 22.8 Å². The van der Waals surface area contributed by atoms with Crippen molar-refractivity contribution in [3.8, 4) is 0 Å². The van der Waals surface area contributed by atoms with E-state index in [9.17, 15) is 14.0 Å². The van der Waals surface area contributed by atoms with Crippen LogP contribution in [0.5, 0.6) is 0 Å². The Kier molecular flexibility index (Phi) is 8.41. The van der Waals surface area contributed by atoms with Crippen molar-refractivity contribution in [2.75, 3.05) is 12.0 Å². The van der Waals surface area contributed by atoms with Crippen LogP contribution in [0.2, 0.25) is 10.0 Å². The summed E-state index contributed by atoms with van der Waals surface area (Å²) in [6.07, 6.45) is 2.34. The summed E-state index contributed by atoms with van der Waals surface area (Å²) in [4.78, 5) is 25.0. The highest BCUT2D eigenvalue weighted by atomic mass is 35.5. The average molecular weight is 429 g/mol. The standard InChI is InChI=1S/C19H19Cl2FN2O2S/c1-27-9-8-17(19(26)23-11-12-4-2-3-5-16(12)22)24-18(25)14-7-6-13(20)10-15(14)21/h2-7,10,17H,8-9,11H2,1H3,(H,23,26)(H,24,25). The number of halogens is 3. The van der Waals surface area contributed by atoms with Crippen molar-refractivity contribution >= 4 is 46.8 Å². The first kappa shape index (κ1) is 21.5. The molecule has 0 saturated heterocycles. The number of carbonyl (C=O) groups excluding carboxylic acids is 2. The molecular weight excluding hydrogens is 410 g/mol. The minimum Gasteiger partial charge on any atom is -0.350 e. The van der Waals surface area contributed by atoms with E-state index < -0.39 is 17.8 Å². The molecule has 4 nitrogen and oxygen atoms in total. The Balaban J connectivity index is 2.05. The lowest BCUT2D eigenvalue weighted by molar-refractivity contribution is -0.123. The van der Waals surface area contributed by atoms with Crippen molar-refractivity contribution in [1.29, 1.82) is 0 Å². The van der Waals surface area contributed by atoms with E-state index >= 15 is 0 Å². The van der Waals surface area contributed by atoms with Crippen LogP contribution in [0.1, 0.15) is 22.3 Å². The lowest BCUT2D eigenvalue weighted by atomic mass is 10.1. The molecule has 0 fully saturated rings. The number of rotatable bonds is 8. The van der Waals surface area contributed by atoms with Gasteiger partial charge in [0.1, 0.15) is 11.9 Å². The molecule has 0 saturated carbocycles. The fourth-order valence-electron chi connectivity index (χ4n) is 2.36. The predicted octanol–water partition coefficient (Wildman–Crippen LogP) is 4.30. The highest BCUT2D eigenvalue weighted by molar-refractivity contribution is 7.98. The van der Waals surface area contributed by atoms with Gasteiger partial charge >= 0.3 is 0 Å². The smallest absolute Gasteiger partial charge is 0.253 e. The summed E-state index contributed by atoms with van der Waals surface area (Å²) in [5, 5.41) is 5.98. The zero-order chi connectivity index (χ0) is 19.8. The number of thioether (sulfide) groups is 1. The average Bonchev–Trinajstić information content (AvgIpc) is 2.64. The number of carbonyl (C=O) groups is 2. The van der Waals surface area contributed by atoms with Gasteiger partial charge in [-0.1, -0.05) is 41.4 Å². The molecule has 0 aliphatic heterocycles. The van der Waals surface area contributed by atoms with Gasteiger partial charge in [-0.05, 0) is 42.7 Å². The lowest BCUT2D eigenvalue weighted by Crippen LogP contribution is -2.47. The molecule has 144 valence electrons. The second-order valence-corrected chi connectivity index (χ2v) is 7.57. The SMILES string of the molecule is CSCCC(NC(=O)c1ccc(Cl)cc1Cl)C(=O)NCc1ccccc1F. The quantitative estimate of drug-likeness (QED) is 0.658. The van der Waals surface area contributed by atoms with E-state index in [4.69, 9.17) is 23.2 Å². The molecule has 0 aliphatic carbocycles. The minimum absolute atomic E-state index is 0.0405. The normalized spacial score (nSPS) is 11.7. The first-order valence-electron chi connectivity index (χ1n) is 8.18. The first-order chi connectivity index (χ1) is 12.9. The van der Waals surface area contributed by atoms with Gasteiger partial charge in [0.2, 0.25) is 5.91 Å². The molecule has 2 aromatic carbocycles. The van der Waals surface area contributed by atoms with Crippen LogP contribution < -0.4 is 10.6 Å². The third kappa shape index (κ3) is 6.41. The minimum atomic E-state index is -0.761. The van der Waals surface area contributed by atoms with Gasteiger partial charge in [-0.3, -0.25) is 9.59 Å². The van der Waals surface area contributed by atoms with Gasteiger partial charge in [-0.2, -0.15) is 11.8 Å². The van der Waals surface area contributed by atoms with Crippen LogP contribution in [0.4, 0.5) is 4.39 Å². The largest absolute Gasteiger partial charge is 0.350 e. The molecule has 0 radical (unpaired) electrons. The summed E-state index contributed by atoms with van der Waals surface area (Å²) in [6, 6.07) is 9.96. The Hall–Kier alpha value is -1.76. The Labute approximate surface area is 171 Å². The second-order valence-electron chi connectivity index (χ2n) is 5.74. The molecular formula is C19H19Cl2FN2O2S. The van der Waals surface area contributed by atoms with Gasteiger partial charge in [-0.25, -0.2) is 4.39 Å². The number of hydrogen-bond donors (Lipinski definition) is 2. The molecule has 0 bridgehead atoms. The number of hydrogen-bond acceptors (Lipinski definition) is 3. The molecule has 0 aromatic heterocycles. The number of nitrogens with one attached hydrogen (secondary N) is 2. The molecule has 1 unspecified atom stereocenters. The Bertz CT molecular complexity index is 820. The molecule has 8 heteroatoms. The van der Waals surface area contributed by atoms with Gasteiger partial charge in [-0.15, -0.1) is 0 Å². The molecule has 0 spiro atoms. The molecule has 2 amide bonds. The van der Waals surface area contributed by atoms with Gasteiger partial charge in [0.05, 0.1) is 10.6 Å². The van der Waals surface area contributed by atoms with Crippen LogP contribution in [0, 0.1) is 5.82 Å². The van der Waals surface area contributed by atoms with E-state index in [1.807, 2.05) is 6.26 Å². The summed E-state index contributed by atoms with van der Waals surface area (Å²) < 4.78 is 13.7. The van der Waals surface area contributed by atoms with E-state index in [0.717, 1.165) is 0 Å². The van der Waals surface area contributed by atoms with Crippen LogP contribution in [-0.4, -0.2) is 29.9 Å². The monoisotopic (exact) mass is 428 g/mol. The molecule has 2 N–H and O–H groups in total. The van der Waals surface area contributed by atoms with Crippen molar-refractivity contribution in [3.63, 3.8) is 0 Å². The first-order valence-corrected chi connectivity index (χ1v) is 10.3. The topological polar surface area (TPSA) is 58.2 Å². The van der Waals surface area contributed by atoms with Gasteiger partial charge < -0.3 is 10.6 Å². The summed E-state index contributed by atoms with van der Waals surface area (Å²) in [5.74, 6) is -0.572. The highest BCUT2D eigenvalue weighted by Gasteiger charge is 2.22. The Morgan fingerprint density at radius 1 is 1.19 bits per heavy atom. The van der Waals surface area contributed by atoms with Crippen LogP contribution in [0.15, 0.2) is 42.5 Å². The number of amides is 2. The van der Waals surface area contributed by atoms with Crippen molar-refractivity contribution in [2.45, 2.75) is 19.0 Å². The van der Waals surface area contributed by atoms with Crippen molar-refractivity contribution in [2.24, 2.45) is 0 Å². The van der Waals surface area contributed by atoms with Gasteiger partial charge in [0.15, 0.2) is 0 Å². The van der Waals surface area contributed by atoms with Crippen molar-refractivity contribution < 1.29 is 14.0 Å². The molecule has 27 heavy (non-hydrogen) atoms. The Morgan fingerprint density at radius 3 is 2.59 bits per heavy atom. The van der Waals surface area contributed by atoms with Crippen molar-refractivity contribution in [3.05, 3.63) is 69.5 Å². The highest BCUT2D eigenvalue weighted by Crippen LogP contribution is 2.21. The molecule has 1 atom stereocenters. The van der Waals surface area contributed by atoms with Crippen molar-refractivity contribution in [1.82, 2.24) is 10.6 Å². The third-order valence-corrected chi connectivity index (χ3v) is 5.01. The predicted molar refractivity (Wildman–Crippen MR) is 109 cm³/mol. The fraction of sp³-hybridized carbons (Fsp3) is 0.263. The van der Waals surface area contributed by atoms with E-state index in [1.54, 1.807) is 36.0 Å². The van der Waals surface area contributed by atoms with Crippen LogP contribution in [0.25, 0.3) is 0 Å². The Morgan fingerprint density at radius 2 is 1.93 bits per heavy atom. The van der Waals surface area contributed by atoms with Crippen LogP contribution in [0.3, 0.4) is 0 Å². The van der Waals surface area contributed by atoms with Crippen LogP contribution in [-0.2, 0) is 11.3 Å². The molecule has 0 heterocycles. The lowest BCUT2D eigenvalue weighted by Gasteiger charge is -2.19. The maximum atomic E-state index is 13.7.